The highest BCUT2D eigenvalue weighted by molar-refractivity contribution is 9.10. The van der Waals surface area contributed by atoms with Crippen molar-refractivity contribution in [3.8, 4) is 5.69 Å². The van der Waals surface area contributed by atoms with Crippen molar-refractivity contribution in [2.75, 3.05) is 25.0 Å². The number of carbonyl (C=O) groups excluding carboxylic acids is 1. The molecule has 1 aliphatic heterocycles. The number of aromatic nitrogens is 2. The number of amides is 2. The Morgan fingerprint density at radius 2 is 2.09 bits per heavy atom. The van der Waals surface area contributed by atoms with E-state index in [0.29, 0.717) is 19.0 Å². The Balaban J connectivity index is 1.72. The molecular weight excluding hydrogens is 360 g/mol. The molecule has 6 nitrogen and oxygen atoms in total. The summed E-state index contributed by atoms with van der Waals surface area (Å²) in [5, 5.41) is 16.4. The predicted octanol–water partition coefficient (Wildman–Crippen LogP) is 2.87. The number of aliphatic hydroxyl groups excluding tert-OH is 1. The third-order valence-corrected chi connectivity index (χ3v) is 4.51. The molecule has 1 saturated heterocycles. The summed E-state index contributed by atoms with van der Waals surface area (Å²) in [6.45, 7) is 1.55. The number of aliphatic hydroxyl groups is 1. The number of para-hydroxylation sites is 2. The van der Waals surface area contributed by atoms with Gasteiger partial charge in [-0.25, -0.2) is 9.48 Å². The van der Waals surface area contributed by atoms with Crippen molar-refractivity contribution >= 4 is 27.6 Å². The number of urea groups is 1. The van der Waals surface area contributed by atoms with Gasteiger partial charge >= 0.3 is 6.03 Å². The van der Waals surface area contributed by atoms with Crippen LogP contribution >= 0.6 is 15.9 Å². The van der Waals surface area contributed by atoms with Crippen LogP contribution in [0.1, 0.15) is 12.8 Å². The van der Waals surface area contributed by atoms with Gasteiger partial charge < -0.3 is 15.3 Å². The number of halogens is 1. The van der Waals surface area contributed by atoms with Gasteiger partial charge in [-0.15, -0.1) is 0 Å². The SMILES string of the molecule is O=C(Nc1ccccc1-n1cc(Br)cn1)N1CCC(CO)CC1. The average molecular weight is 379 g/mol. The van der Waals surface area contributed by atoms with E-state index in [-0.39, 0.29) is 12.6 Å². The number of anilines is 1. The van der Waals surface area contributed by atoms with Crippen molar-refractivity contribution in [3.63, 3.8) is 0 Å². The Morgan fingerprint density at radius 1 is 1.35 bits per heavy atom. The number of nitrogens with one attached hydrogen (secondary N) is 1. The smallest absolute Gasteiger partial charge is 0.321 e. The molecule has 0 spiro atoms. The number of rotatable bonds is 3. The van der Waals surface area contributed by atoms with Crippen LogP contribution in [-0.2, 0) is 0 Å². The molecule has 2 aromatic rings. The molecule has 2 amide bonds. The minimum atomic E-state index is -0.111. The number of likely N-dealkylation sites (tertiary alicyclic amines) is 1. The van der Waals surface area contributed by atoms with E-state index in [9.17, 15) is 9.90 Å². The number of hydrogen-bond donors (Lipinski definition) is 2. The quantitative estimate of drug-likeness (QED) is 0.862. The van der Waals surface area contributed by atoms with Crippen molar-refractivity contribution in [2.24, 2.45) is 5.92 Å². The van der Waals surface area contributed by atoms with E-state index < -0.39 is 0 Å². The number of benzene rings is 1. The fourth-order valence-electron chi connectivity index (χ4n) is 2.72. The predicted molar refractivity (Wildman–Crippen MR) is 91.7 cm³/mol. The zero-order valence-corrected chi connectivity index (χ0v) is 14.2. The monoisotopic (exact) mass is 378 g/mol. The molecule has 7 heteroatoms. The van der Waals surface area contributed by atoms with E-state index in [1.807, 2.05) is 30.5 Å². The largest absolute Gasteiger partial charge is 0.396 e. The molecule has 1 aromatic heterocycles. The van der Waals surface area contributed by atoms with Crippen molar-refractivity contribution in [1.82, 2.24) is 14.7 Å². The Morgan fingerprint density at radius 3 is 2.74 bits per heavy atom. The molecule has 3 rings (SSSR count). The van der Waals surface area contributed by atoms with Crippen molar-refractivity contribution in [1.29, 1.82) is 0 Å². The molecule has 1 fully saturated rings. The molecule has 0 saturated carbocycles. The molecular formula is C16H19BrN4O2. The third-order valence-electron chi connectivity index (χ3n) is 4.10. The van der Waals surface area contributed by atoms with Gasteiger partial charge in [-0.05, 0) is 46.8 Å². The standard InChI is InChI=1S/C16H19BrN4O2/c17-13-9-18-21(10-13)15-4-2-1-3-14(15)19-16(23)20-7-5-12(11-22)6-8-20/h1-4,9-10,12,22H,5-8,11H2,(H,19,23). The minimum absolute atomic E-state index is 0.111. The van der Waals surface area contributed by atoms with Gasteiger partial charge in [0.15, 0.2) is 0 Å². The van der Waals surface area contributed by atoms with Crippen LogP contribution in [0.25, 0.3) is 5.69 Å². The Bertz CT molecular complexity index is 680. The highest BCUT2D eigenvalue weighted by atomic mass is 79.9. The molecule has 0 atom stereocenters. The first-order valence-electron chi connectivity index (χ1n) is 7.63. The lowest BCUT2D eigenvalue weighted by Gasteiger charge is -2.31. The lowest BCUT2D eigenvalue weighted by atomic mass is 9.98. The molecule has 122 valence electrons. The summed E-state index contributed by atoms with van der Waals surface area (Å²) < 4.78 is 2.60. The lowest BCUT2D eigenvalue weighted by molar-refractivity contribution is 0.143. The second-order valence-electron chi connectivity index (χ2n) is 5.66. The van der Waals surface area contributed by atoms with Crippen molar-refractivity contribution in [3.05, 3.63) is 41.1 Å². The summed E-state index contributed by atoms with van der Waals surface area (Å²) in [7, 11) is 0. The Kier molecular flexibility index (Phi) is 4.97. The topological polar surface area (TPSA) is 70.4 Å². The summed E-state index contributed by atoms with van der Waals surface area (Å²) in [5.41, 5.74) is 1.54. The van der Waals surface area contributed by atoms with Crippen molar-refractivity contribution < 1.29 is 9.90 Å². The van der Waals surface area contributed by atoms with Gasteiger partial charge in [0.2, 0.25) is 0 Å². The second kappa shape index (κ2) is 7.14. The maximum Gasteiger partial charge on any atom is 0.321 e. The molecule has 2 N–H and O–H groups in total. The first-order valence-corrected chi connectivity index (χ1v) is 8.43. The maximum absolute atomic E-state index is 12.5. The van der Waals surface area contributed by atoms with Crippen LogP contribution in [0.4, 0.5) is 10.5 Å². The van der Waals surface area contributed by atoms with E-state index in [1.165, 1.54) is 0 Å². The number of carbonyl (C=O) groups is 1. The molecule has 0 bridgehead atoms. The van der Waals surface area contributed by atoms with Crippen LogP contribution in [0.5, 0.6) is 0 Å². The van der Waals surface area contributed by atoms with Crippen LogP contribution in [-0.4, -0.2) is 45.5 Å². The van der Waals surface area contributed by atoms with Crippen LogP contribution in [0, 0.1) is 5.92 Å². The number of nitrogens with zero attached hydrogens (tertiary/aromatic N) is 3. The van der Waals surface area contributed by atoms with E-state index in [0.717, 1.165) is 28.7 Å². The normalized spacial score (nSPS) is 15.7. The average Bonchev–Trinajstić information content (AvgIpc) is 3.01. The number of piperidine rings is 1. The van der Waals surface area contributed by atoms with E-state index in [2.05, 4.69) is 26.3 Å². The molecule has 1 aromatic carbocycles. The molecule has 1 aliphatic rings. The fourth-order valence-corrected chi connectivity index (χ4v) is 3.01. The van der Waals surface area contributed by atoms with E-state index in [4.69, 9.17) is 0 Å². The Labute approximate surface area is 143 Å². The maximum atomic E-state index is 12.5. The van der Waals surface area contributed by atoms with E-state index in [1.54, 1.807) is 15.8 Å². The van der Waals surface area contributed by atoms with Gasteiger partial charge in [0.25, 0.3) is 0 Å². The fraction of sp³-hybridized carbons (Fsp3) is 0.375. The summed E-state index contributed by atoms with van der Waals surface area (Å²) in [4.78, 5) is 14.3. The van der Waals surface area contributed by atoms with Gasteiger partial charge in [-0.3, -0.25) is 0 Å². The molecule has 0 aliphatic carbocycles. The summed E-state index contributed by atoms with van der Waals surface area (Å²) in [5.74, 6) is 0.313. The van der Waals surface area contributed by atoms with Crippen LogP contribution in [0.15, 0.2) is 41.1 Å². The second-order valence-corrected chi connectivity index (χ2v) is 6.58. The Hall–Kier alpha value is -1.86. The summed E-state index contributed by atoms with van der Waals surface area (Å²) in [6.07, 6.45) is 5.24. The van der Waals surface area contributed by atoms with Gasteiger partial charge in [-0.2, -0.15) is 5.10 Å². The summed E-state index contributed by atoms with van der Waals surface area (Å²) >= 11 is 3.38. The van der Waals surface area contributed by atoms with Gasteiger partial charge in [0, 0.05) is 25.9 Å². The first-order chi connectivity index (χ1) is 11.2. The van der Waals surface area contributed by atoms with Crippen LogP contribution in [0.2, 0.25) is 0 Å². The highest BCUT2D eigenvalue weighted by Crippen LogP contribution is 2.23. The molecule has 23 heavy (non-hydrogen) atoms. The van der Waals surface area contributed by atoms with Gasteiger partial charge in [0.1, 0.15) is 0 Å². The van der Waals surface area contributed by atoms with Gasteiger partial charge in [-0.1, -0.05) is 12.1 Å². The third kappa shape index (κ3) is 3.73. The number of hydrogen-bond acceptors (Lipinski definition) is 3. The minimum Gasteiger partial charge on any atom is -0.396 e. The van der Waals surface area contributed by atoms with Crippen LogP contribution < -0.4 is 5.32 Å². The lowest BCUT2D eigenvalue weighted by Crippen LogP contribution is -2.41. The molecule has 2 heterocycles. The van der Waals surface area contributed by atoms with Crippen LogP contribution in [0.3, 0.4) is 0 Å². The van der Waals surface area contributed by atoms with E-state index >= 15 is 0 Å². The zero-order valence-electron chi connectivity index (χ0n) is 12.7. The van der Waals surface area contributed by atoms with Crippen molar-refractivity contribution in [2.45, 2.75) is 12.8 Å². The molecule has 0 unspecified atom stereocenters. The zero-order chi connectivity index (χ0) is 16.2. The molecule has 0 radical (unpaired) electrons. The highest BCUT2D eigenvalue weighted by Gasteiger charge is 2.22. The summed E-state index contributed by atoms with van der Waals surface area (Å²) in [6, 6.07) is 7.46. The van der Waals surface area contributed by atoms with Gasteiger partial charge in [0.05, 0.1) is 22.0 Å². The first kappa shape index (κ1) is 16.0.